The Morgan fingerprint density at radius 1 is 1.44 bits per heavy atom. The van der Waals surface area contributed by atoms with Crippen LogP contribution in [0.3, 0.4) is 0 Å². The summed E-state index contributed by atoms with van der Waals surface area (Å²) in [6.45, 7) is 0. The Morgan fingerprint density at radius 2 is 2.11 bits per heavy atom. The van der Waals surface area contributed by atoms with Crippen LogP contribution < -0.4 is 10.9 Å². The smallest absolute Gasteiger partial charge is 0.242 e. The van der Waals surface area contributed by atoms with Crippen molar-refractivity contribution in [1.82, 2.24) is 10.9 Å². The Kier molecular flexibility index (Phi) is 7.24. The van der Waals surface area contributed by atoms with Gasteiger partial charge < -0.3 is 5.43 Å². The first-order chi connectivity index (χ1) is 3.39. The predicted molar refractivity (Wildman–Crippen MR) is 39.5 cm³/mol. The maximum absolute atomic E-state index is 10.2. The molecule has 0 unspecified atom stereocenters. The molecule has 0 aliphatic carbocycles. The van der Waals surface area contributed by atoms with Crippen LogP contribution in [0.25, 0.3) is 0 Å². The molecule has 0 bridgehead atoms. The lowest BCUT2D eigenvalue weighted by Crippen LogP contribution is -2.35. The number of hydrogen-bond donors (Lipinski definition) is 2. The molecule has 0 aromatic rings. The summed E-state index contributed by atoms with van der Waals surface area (Å²) in [6, 6.07) is 0. The lowest BCUT2D eigenvalue weighted by atomic mass is 10.4. The molecule has 1 amide bonds. The summed E-state index contributed by atoms with van der Waals surface area (Å²) >= 11 is 0. The van der Waals surface area contributed by atoms with Crippen LogP contribution in [-0.2, 0) is 4.79 Å². The zero-order valence-corrected chi connectivity index (χ0v) is 6.22. The molecule has 1 rings (SSSR count). The standard InChI is InChI=1S/C4H6N2O.2ClH/c7-4-2-1-3-5-6-4;;/h1,3,5H,2H2,(H,6,7);2*1H. The largest absolute Gasteiger partial charge is 0.306 e. The molecule has 9 heavy (non-hydrogen) atoms. The third kappa shape index (κ3) is 4.12. The van der Waals surface area contributed by atoms with E-state index in [9.17, 15) is 4.79 Å². The normalized spacial score (nSPS) is 14.0. The van der Waals surface area contributed by atoms with Crippen molar-refractivity contribution in [3.8, 4) is 0 Å². The minimum Gasteiger partial charge on any atom is -0.306 e. The zero-order chi connectivity index (χ0) is 5.11. The topological polar surface area (TPSA) is 41.1 Å². The molecule has 5 heteroatoms. The van der Waals surface area contributed by atoms with Crippen molar-refractivity contribution in [1.29, 1.82) is 0 Å². The number of amides is 1. The highest BCUT2D eigenvalue weighted by atomic mass is 35.5. The van der Waals surface area contributed by atoms with Gasteiger partial charge in [-0.3, -0.25) is 10.2 Å². The predicted octanol–water partition coefficient (Wildman–Crippen LogP) is 0.368. The number of carbonyl (C=O) groups excluding carboxylic acids is 1. The van der Waals surface area contributed by atoms with Crippen LogP contribution in [0.5, 0.6) is 0 Å². The Hall–Kier alpha value is -0.410. The molecule has 0 radical (unpaired) electrons. The van der Waals surface area contributed by atoms with Gasteiger partial charge in [0.1, 0.15) is 0 Å². The highest BCUT2D eigenvalue weighted by Gasteiger charge is 1.96. The van der Waals surface area contributed by atoms with Gasteiger partial charge in [0.05, 0.1) is 0 Å². The zero-order valence-electron chi connectivity index (χ0n) is 4.59. The van der Waals surface area contributed by atoms with Gasteiger partial charge in [-0.1, -0.05) is 6.08 Å². The van der Waals surface area contributed by atoms with E-state index < -0.39 is 0 Å². The van der Waals surface area contributed by atoms with Gasteiger partial charge in [-0.2, -0.15) is 0 Å². The van der Waals surface area contributed by atoms with Crippen LogP contribution in [0.4, 0.5) is 0 Å². The second-order valence-electron chi connectivity index (χ2n) is 1.30. The van der Waals surface area contributed by atoms with Crippen molar-refractivity contribution in [2.24, 2.45) is 0 Å². The molecule has 0 fully saturated rings. The van der Waals surface area contributed by atoms with E-state index in [4.69, 9.17) is 0 Å². The molecule has 0 saturated carbocycles. The first-order valence-electron chi connectivity index (χ1n) is 2.09. The molecule has 1 aliphatic rings. The van der Waals surface area contributed by atoms with E-state index >= 15 is 0 Å². The average molecular weight is 171 g/mol. The van der Waals surface area contributed by atoms with E-state index in [1.54, 1.807) is 12.3 Å². The summed E-state index contributed by atoms with van der Waals surface area (Å²) in [4.78, 5) is 10.2. The fourth-order valence-corrected chi connectivity index (χ4v) is 0.398. The first-order valence-corrected chi connectivity index (χ1v) is 2.09. The number of nitrogens with one attached hydrogen (secondary N) is 2. The summed E-state index contributed by atoms with van der Waals surface area (Å²) in [5, 5.41) is 0. The number of hydrogen-bond acceptors (Lipinski definition) is 2. The summed E-state index contributed by atoms with van der Waals surface area (Å²) < 4.78 is 0. The molecule has 0 atom stereocenters. The van der Waals surface area contributed by atoms with E-state index in [0.717, 1.165) is 0 Å². The minimum absolute atomic E-state index is 0. The SMILES string of the molecule is Cl.Cl.O=C1CC=CNN1. The van der Waals surface area contributed by atoms with Gasteiger partial charge in [0.15, 0.2) is 0 Å². The molecule has 0 spiro atoms. The molecule has 1 aliphatic heterocycles. The molecule has 3 nitrogen and oxygen atoms in total. The quantitative estimate of drug-likeness (QED) is 0.552. The molecular weight excluding hydrogens is 163 g/mol. The van der Waals surface area contributed by atoms with E-state index in [2.05, 4.69) is 10.9 Å². The van der Waals surface area contributed by atoms with Crippen LogP contribution in [0.2, 0.25) is 0 Å². The lowest BCUT2D eigenvalue weighted by Gasteiger charge is -2.05. The number of hydrazine groups is 1. The fraction of sp³-hybridized carbons (Fsp3) is 0.250. The molecular formula is C4H8Cl2N2O. The summed E-state index contributed by atoms with van der Waals surface area (Å²) in [5.74, 6) is 0.0162. The van der Waals surface area contributed by atoms with Crippen molar-refractivity contribution in [3.63, 3.8) is 0 Å². The Balaban J connectivity index is 0. The second-order valence-corrected chi connectivity index (χ2v) is 1.30. The van der Waals surface area contributed by atoms with E-state index in [1.807, 2.05) is 0 Å². The third-order valence-electron chi connectivity index (χ3n) is 0.716. The summed E-state index contributed by atoms with van der Waals surface area (Å²) in [6.07, 6.45) is 3.95. The van der Waals surface area contributed by atoms with Crippen molar-refractivity contribution in [3.05, 3.63) is 12.3 Å². The Labute approximate surface area is 65.7 Å². The highest BCUT2D eigenvalue weighted by molar-refractivity contribution is 5.85. The van der Waals surface area contributed by atoms with Gasteiger partial charge in [0, 0.05) is 12.6 Å². The maximum atomic E-state index is 10.2. The molecule has 0 saturated heterocycles. The van der Waals surface area contributed by atoms with Gasteiger partial charge in [0.2, 0.25) is 5.91 Å². The monoisotopic (exact) mass is 170 g/mol. The second kappa shape index (κ2) is 5.72. The van der Waals surface area contributed by atoms with Crippen molar-refractivity contribution < 1.29 is 4.79 Å². The van der Waals surface area contributed by atoms with Crippen molar-refractivity contribution in [2.75, 3.05) is 0 Å². The van der Waals surface area contributed by atoms with Gasteiger partial charge >= 0.3 is 0 Å². The van der Waals surface area contributed by atoms with E-state index in [1.165, 1.54) is 0 Å². The van der Waals surface area contributed by atoms with Crippen molar-refractivity contribution >= 4 is 30.7 Å². The molecule has 0 aromatic heterocycles. The van der Waals surface area contributed by atoms with Crippen LogP contribution in [0.15, 0.2) is 12.3 Å². The molecule has 0 aromatic carbocycles. The Morgan fingerprint density at radius 3 is 2.33 bits per heavy atom. The lowest BCUT2D eigenvalue weighted by molar-refractivity contribution is -0.121. The van der Waals surface area contributed by atoms with Crippen LogP contribution in [0, 0.1) is 0 Å². The van der Waals surface area contributed by atoms with Gasteiger partial charge in [-0.15, -0.1) is 24.8 Å². The first kappa shape index (κ1) is 11.4. The molecule has 2 N–H and O–H groups in total. The summed E-state index contributed by atoms with van der Waals surface area (Å²) in [7, 11) is 0. The third-order valence-corrected chi connectivity index (χ3v) is 0.716. The summed E-state index contributed by atoms with van der Waals surface area (Å²) in [5.41, 5.74) is 4.96. The maximum Gasteiger partial charge on any atom is 0.242 e. The van der Waals surface area contributed by atoms with Crippen LogP contribution >= 0.6 is 24.8 Å². The van der Waals surface area contributed by atoms with Crippen LogP contribution in [0.1, 0.15) is 6.42 Å². The van der Waals surface area contributed by atoms with Gasteiger partial charge in [0.25, 0.3) is 0 Å². The van der Waals surface area contributed by atoms with E-state index in [0.29, 0.717) is 6.42 Å². The van der Waals surface area contributed by atoms with E-state index in [-0.39, 0.29) is 30.7 Å². The Bertz CT molecular complexity index is 115. The number of carbonyl (C=O) groups is 1. The molecule has 1 heterocycles. The number of halogens is 2. The van der Waals surface area contributed by atoms with Crippen molar-refractivity contribution in [2.45, 2.75) is 6.42 Å². The van der Waals surface area contributed by atoms with Crippen LogP contribution in [-0.4, -0.2) is 5.91 Å². The average Bonchev–Trinajstić information content (AvgIpc) is 1.69. The highest BCUT2D eigenvalue weighted by Crippen LogP contribution is 1.83. The van der Waals surface area contributed by atoms with Gasteiger partial charge in [-0.25, -0.2) is 0 Å². The minimum atomic E-state index is 0. The van der Waals surface area contributed by atoms with Gasteiger partial charge in [-0.05, 0) is 0 Å². The fourth-order valence-electron chi connectivity index (χ4n) is 0.398. The number of rotatable bonds is 0. The molecule has 54 valence electrons.